The molecule has 0 spiro atoms. The standard InChI is InChI=1S/C20H16N2O3S2/c23-19-17(27-20(24)22-19)10-13-6-8-15(9-7-13)25-11-18-21-16(12-26-18)14-4-2-1-3-5-14/h1-9,12,23H,10-11H2,(H,22,24). The molecule has 0 unspecified atom stereocenters. The lowest BCUT2D eigenvalue weighted by Gasteiger charge is -2.05. The van der Waals surface area contributed by atoms with Gasteiger partial charge in [-0.1, -0.05) is 53.8 Å². The highest BCUT2D eigenvalue weighted by molar-refractivity contribution is 7.10. The van der Waals surface area contributed by atoms with E-state index in [0.717, 1.165) is 38.9 Å². The van der Waals surface area contributed by atoms with E-state index in [2.05, 4.69) is 9.97 Å². The minimum atomic E-state index is -0.249. The van der Waals surface area contributed by atoms with Crippen molar-refractivity contribution in [2.45, 2.75) is 13.0 Å². The first-order valence-electron chi connectivity index (χ1n) is 8.30. The van der Waals surface area contributed by atoms with Gasteiger partial charge in [-0.25, -0.2) is 4.98 Å². The van der Waals surface area contributed by atoms with Crippen molar-refractivity contribution < 1.29 is 9.84 Å². The first-order chi connectivity index (χ1) is 13.2. The average Bonchev–Trinajstić information content (AvgIpc) is 3.28. The molecular formula is C20H16N2O3S2. The molecule has 7 heteroatoms. The maximum atomic E-state index is 11.2. The van der Waals surface area contributed by atoms with Gasteiger partial charge in [0, 0.05) is 17.4 Å². The zero-order valence-corrected chi connectivity index (χ0v) is 15.8. The van der Waals surface area contributed by atoms with Crippen molar-refractivity contribution in [2.75, 3.05) is 0 Å². The lowest BCUT2D eigenvalue weighted by molar-refractivity contribution is 0.305. The Morgan fingerprint density at radius 3 is 2.56 bits per heavy atom. The molecule has 27 heavy (non-hydrogen) atoms. The van der Waals surface area contributed by atoms with Crippen LogP contribution in [0.2, 0.25) is 0 Å². The lowest BCUT2D eigenvalue weighted by atomic mass is 10.1. The molecule has 5 nitrogen and oxygen atoms in total. The maximum absolute atomic E-state index is 11.2. The predicted molar refractivity (Wildman–Crippen MR) is 108 cm³/mol. The molecular weight excluding hydrogens is 380 g/mol. The zero-order valence-electron chi connectivity index (χ0n) is 14.2. The van der Waals surface area contributed by atoms with Crippen LogP contribution >= 0.6 is 22.7 Å². The molecule has 0 saturated carbocycles. The summed E-state index contributed by atoms with van der Waals surface area (Å²) in [5.74, 6) is 0.699. The number of aromatic hydroxyl groups is 1. The Kier molecular flexibility index (Phi) is 5.04. The number of aromatic nitrogens is 2. The van der Waals surface area contributed by atoms with Crippen molar-refractivity contribution >= 4 is 22.7 Å². The summed E-state index contributed by atoms with van der Waals surface area (Å²) in [6.07, 6.45) is 0.502. The SMILES string of the molecule is O=c1[nH]c(O)c(Cc2ccc(OCc3nc(-c4ccccc4)cs3)cc2)s1. The molecule has 0 atom stereocenters. The molecule has 136 valence electrons. The van der Waals surface area contributed by atoms with Gasteiger partial charge in [-0.2, -0.15) is 0 Å². The van der Waals surface area contributed by atoms with Gasteiger partial charge in [0.25, 0.3) is 0 Å². The summed E-state index contributed by atoms with van der Waals surface area (Å²) < 4.78 is 5.82. The second-order valence-corrected chi connectivity index (χ2v) is 7.90. The lowest BCUT2D eigenvalue weighted by Crippen LogP contribution is -1.95. The summed E-state index contributed by atoms with van der Waals surface area (Å²) in [4.78, 5) is 18.6. The fourth-order valence-electron chi connectivity index (χ4n) is 2.62. The minimum absolute atomic E-state index is 0.0525. The average molecular weight is 396 g/mol. The van der Waals surface area contributed by atoms with Gasteiger partial charge < -0.3 is 9.84 Å². The van der Waals surface area contributed by atoms with Crippen molar-refractivity contribution in [3.63, 3.8) is 0 Å². The quantitative estimate of drug-likeness (QED) is 0.505. The van der Waals surface area contributed by atoms with Gasteiger partial charge in [0.2, 0.25) is 5.88 Å². The molecule has 0 aliphatic rings. The highest BCUT2D eigenvalue weighted by Crippen LogP contribution is 2.24. The van der Waals surface area contributed by atoms with Crippen molar-refractivity contribution in [3.05, 3.63) is 85.1 Å². The highest BCUT2D eigenvalue weighted by atomic mass is 32.1. The molecule has 2 aromatic carbocycles. The minimum Gasteiger partial charge on any atom is -0.494 e. The van der Waals surface area contributed by atoms with Crippen LogP contribution in [-0.4, -0.2) is 15.1 Å². The second kappa shape index (κ2) is 7.77. The molecule has 0 radical (unpaired) electrons. The van der Waals surface area contributed by atoms with E-state index in [4.69, 9.17) is 4.74 Å². The topological polar surface area (TPSA) is 75.2 Å². The number of nitrogens with one attached hydrogen (secondary N) is 1. The number of thiazole rings is 2. The van der Waals surface area contributed by atoms with Crippen LogP contribution in [0.5, 0.6) is 11.6 Å². The molecule has 4 aromatic rings. The molecule has 0 aliphatic heterocycles. The Hall–Kier alpha value is -2.90. The number of ether oxygens (including phenoxy) is 1. The Balaban J connectivity index is 1.37. The summed E-state index contributed by atoms with van der Waals surface area (Å²) in [5, 5.41) is 12.6. The Morgan fingerprint density at radius 2 is 1.85 bits per heavy atom. The summed E-state index contributed by atoms with van der Waals surface area (Å²) in [6.45, 7) is 0.414. The molecule has 2 heterocycles. The van der Waals surface area contributed by atoms with Crippen LogP contribution in [0.4, 0.5) is 0 Å². The molecule has 0 saturated heterocycles. The van der Waals surface area contributed by atoms with E-state index in [-0.39, 0.29) is 10.8 Å². The van der Waals surface area contributed by atoms with Gasteiger partial charge in [-0.3, -0.25) is 9.78 Å². The number of benzene rings is 2. The van der Waals surface area contributed by atoms with E-state index >= 15 is 0 Å². The highest BCUT2D eigenvalue weighted by Gasteiger charge is 2.08. The van der Waals surface area contributed by atoms with Gasteiger partial charge in [0.1, 0.15) is 17.4 Å². The predicted octanol–water partition coefficient (Wildman–Crippen LogP) is 4.44. The van der Waals surface area contributed by atoms with Crippen molar-refractivity contribution in [2.24, 2.45) is 0 Å². The monoisotopic (exact) mass is 396 g/mol. The number of hydrogen-bond acceptors (Lipinski definition) is 6. The summed E-state index contributed by atoms with van der Waals surface area (Å²) in [7, 11) is 0. The fourth-order valence-corrected chi connectivity index (χ4v) is 4.10. The smallest absolute Gasteiger partial charge is 0.307 e. The van der Waals surface area contributed by atoms with Crippen molar-refractivity contribution in [1.82, 2.24) is 9.97 Å². The molecule has 2 aromatic heterocycles. The molecule has 0 fully saturated rings. The third-order valence-electron chi connectivity index (χ3n) is 3.97. The molecule has 0 amide bonds. The van der Waals surface area contributed by atoms with Crippen LogP contribution in [0.3, 0.4) is 0 Å². The van der Waals surface area contributed by atoms with Crippen LogP contribution in [0.25, 0.3) is 11.3 Å². The van der Waals surface area contributed by atoms with Crippen LogP contribution in [0.1, 0.15) is 15.4 Å². The number of hydrogen-bond donors (Lipinski definition) is 2. The van der Waals surface area contributed by atoms with Crippen LogP contribution in [0, 0.1) is 0 Å². The molecule has 4 rings (SSSR count). The van der Waals surface area contributed by atoms with Crippen LogP contribution in [-0.2, 0) is 13.0 Å². The van der Waals surface area contributed by atoms with Crippen LogP contribution in [0.15, 0.2) is 64.8 Å². The van der Waals surface area contributed by atoms with Crippen LogP contribution < -0.4 is 9.61 Å². The Morgan fingerprint density at radius 1 is 1.07 bits per heavy atom. The van der Waals surface area contributed by atoms with E-state index in [0.29, 0.717) is 17.9 Å². The number of aromatic amines is 1. The van der Waals surface area contributed by atoms with E-state index < -0.39 is 0 Å². The summed E-state index contributed by atoms with van der Waals surface area (Å²) >= 11 is 2.60. The summed E-state index contributed by atoms with van der Waals surface area (Å²) in [6, 6.07) is 17.7. The fraction of sp³-hybridized carbons (Fsp3) is 0.100. The number of rotatable bonds is 6. The van der Waals surface area contributed by atoms with E-state index in [1.165, 1.54) is 0 Å². The number of H-pyrrole nitrogens is 1. The van der Waals surface area contributed by atoms with E-state index in [1.54, 1.807) is 11.3 Å². The van der Waals surface area contributed by atoms with E-state index in [1.807, 2.05) is 60.0 Å². The van der Waals surface area contributed by atoms with Gasteiger partial charge in [-0.05, 0) is 17.7 Å². The molecule has 0 bridgehead atoms. The van der Waals surface area contributed by atoms with E-state index in [9.17, 15) is 9.90 Å². The Bertz CT molecular complexity index is 1080. The van der Waals surface area contributed by atoms with Gasteiger partial charge in [0.15, 0.2) is 0 Å². The van der Waals surface area contributed by atoms with Gasteiger partial charge >= 0.3 is 4.87 Å². The molecule has 2 N–H and O–H groups in total. The first-order valence-corrected chi connectivity index (χ1v) is 9.99. The Labute approximate surface area is 163 Å². The largest absolute Gasteiger partial charge is 0.494 e. The van der Waals surface area contributed by atoms with Crippen molar-refractivity contribution in [3.8, 4) is 22.9 Å². The third-order valence-corrected chi connectivity index (χ3v) is 5.67. The second-order valence-electron chi connectivity index (χ2n) is 5.89. The number of nitrogens with zero attached hydrogens (tertiary/aromatic N) is 1. The van der Waals surface area contributed by atoms with Crippen molar-refractivity contribution in [1.29, 1.82) is 0 Å². The maximum Gasteiger partial charge on any atom is 0.307 e. The normalized spacial score (nSPS) is 10.8. The summed E-state index contributed by atoms with van der Waals surface area (Å²) in [5.41, 5.74) is 3.05. The van der Waals surface area contributed by atoms with Gasteiger partial charge in [-0.15, -0.1) is 11.3 Å². The van der Waals surface area contributed by atoms with Gasteiger partial charge in [0.05, 0.1) is 10.6 Å². The molecule has 0 aliphatic carbocycles. The zero-order chi connectivity index (χ0) is 18.6. The third kappa shape index (κ3) is 4.27. The first kappa shape index (κ1) is 17.5.